The van der Waals surface area contributed by atoms with Crippen LogP contribution in [0.5, 0.6) is 0 Å². The first-order valence-corrected chi connectivity index (χ1v) is 8.95. The molecule has 0 spiro atoms. The Kier molecular flexibility index (Phi) is 5.11. The molecule has 1 aliphatic heterocycles. The van der Waals surface area contributed by atoms with Gasteiger partial charge in [-0.2, -0.15) is 5.10 Å². The van der Waals surface area contributed by atoms with E-state index in [-0.39, 0.29) is 12.3 Å². The van der Waals surface area contributed by atoms with Crippen LogP contribution in [0.4, 0.5) is 0 Å². The minimum Gasteiger partial charge on any atom is -0.480 e. The summed E-state index contributed by atoms with van der Waals surface area (Å²) in [4.78, 5) is 25.4. The van der Waals surface area contributed by atoms with E-state index >= 15 is 0 Å². The van der Waals surface area contributed by atoms with Crippen molar-refractivity contribution < 1.29 is 14.7 Å². The molecule has 1 atom stereocenters. The number of piperidine rings is 1. The van der Waals surface area contributed by atoms with Gasteiger partial charge in [0, 0.05) is 25.2 Å². The van der Waals surface area contributed by atoms with Crippen LogP contribution in [0.1, 0.15) is 46.6 Å². The Morgan fingerprint density at radius 1 is 1.46 bits per heavy atom. The van der Waals surface area contributed by atoms with Crippen molar-refractivity contribution in [1.82, 2.24) is 14.7 Å². The summed E-state index contributed by atoms with van der Waals surface area (Å²) in [5.74, 6) is -0.430. The summed E-state index contributed by atoms with van der Waals surface area (Å²) < 4.78 is 1.48. The summed E-state index contributed by atoms with van der Waals surface area (Å²) in [5.41, 5.74) is 2.15. The highest BCUT2D eigenvalue weighted by Crippen LogP contribution is 2.27. The molecule has 3 heterocycles. The minimum atomic E-state index is -0.881. The summed E-state index contributed by atoms with van der Waals surface area (Å²) in [6, 6.07) is 3.91. The number of hydrogen-bond donors (Lipinski definition) is 1. The molecule has 128 valence electrons. The summed E-state index contributed by atoms with van der Waals surface area (Å²) in [5, 5.41) is 15.3. The van der Waals surface area contributed by atoms with Gasteiger partial charge in [0.15, 0.2) is 5.78 Å². The molecule has 0 aliphatic carbocycles. The smallest absolute Gasteiger partial charge is 0.325 e. The number of rotatable bonds is 6. The van der Waals surface area contributed by atoms with Crippen molar-refractivity contribution in [2.45, 2.75) is 38.8 Å². The molecule has 2 aromatic heterocycles. The van der Waals surface area contributed by atoms with Crippen LogP contribution in [0.15, 0.2) is 23.7 Å². The number of likely N-dealkylation sites (tertiary alicyclic amines) is 1. The Balaban J connectivity index is 1.62. The zero-order valence-electron chi connectivity index (χ0n) is 13.6. The van der Waals surface area contributed by atoms with Crippen molar-refractivity contribution in [3.05, 3.63) is 39.8 Å². The number of carbonyl (C=O) groups is 2. The number of carboxylic acid groups (broad SMARTS) is 1. The largest absolute Gasteiger partial charge is 0.480 e. The Morgan fingerprint density at radius 2 is 2.29 bits per heavy atom. The lowest BCUT2D eigenvalue weighted by molar-refractivity contribution is -0.137. The lowest BCUT2D eigenvalue weighted by Crippen LogP contribution is -2.34. The Hall–Kier alpha value is -1.99. The quantitative estimate of drug-likeness (QED) is 0.813. The van der Waals surface area contributed by atoms with Gasteiger partial charge in [0.2, 0.25) is 0 Å². The molecule has 1 N–H and O–H groups in total. The highest BCUT2D eigenvalue weighted by molar-refractivity contribution is 7.12. The minimum absolute atomic E-state index is 0.0981. The fourth-order valence-electron chi connectivity index (χ4n) is 3.16. The third-order valence-electron chi connectivity index (χ3n) is 4.29. The first kappa shape index (κ1) is 16.9. The van der Waals surface area contributed by atoms with Crippen molar-refractivity contribution >= 4 is 23.1 Å². The average molecular weight is 347 g/mol. The lowest BCUT2D eigenvalue weighted by Gasteiger charge is -2.31. The lowest BCUT2D eigenvalue weighted by atomic mass is 9.95. The Labute approximate surface area is 144 Å². The van der Waals surface area contributed by atoms with E-state index in [0.29, 0.717) is 5.92 Å². The van der Waals surface area contributed by atoms with Crippen molar-refractivity contribution in [3.8, 4) is 0 Å². The number of hydrogen-bond acceptors (Lipinski definition) is 5. The van der Waals surface area contributed by atoms with E-state index in [4.69, 9.17) is 5.11 Å². The van der Waals surface area contributed by atoms with Crippen LogP contribution >= 0.6 is 11.3 Å². The molecule has 2 aromatic rings. The fraction of sp³-hybridized carbons (Fsp3) is 0.471. The molecule has 1 unspecified atom stereocenters. The van der Waals surface area contributed by atoms with Gasteiger partial charge in [-0.05, 0) is 49.4 Å². The molecule has 24 heavy (non-hydrogen) atoms. The standard InChI is InChI=1S/C17H21N3O3S/c1-12(21)16-7-13(11-24-16)8-19-5-2-3-14(9-19)15-4-6-20(18-15)10-17(22)23/h4,6-7,11,14H,2-3,5,8-10H2,1H3,(H,22,23). The molecule has 0 saturated carbocycles. The number of ketones is 1. The normalized spacial score (nSPS) is 18.6. The van der Waals surface area contributed by atoms with Gasteiger partial charge in [-0.3, -0.25) is 19.2 Å². The number of aliphatic carboxylic acids is 1. The maximum Gasteiger partial charge on any atom is 0.325 e. The van der Waals surface area contributed by atoms with Gasteiger partial charge < -0.3 is 5.11 Å². The highest BCUT2D eigenvalue weighted by Gasteiger charge is 2.23. The summed E-state index contributed by atoms with van der Waals surface area (Å²) in [6.07, 6.45) is 3.91. The predicted molar refractivity (Wildman–Crippen MR) is 91.4 cm³/mol. The van der Waals surface area contributed by atoms with E-state index in [1.807, 2.05) is 12.1 Å². The number of carbonyl (C=O) groups excluding carboxylic acids is 1. The van der Waals surface area contributed by atoms with E-state index in [1.54, 1.807) is 13.1 Å². The number of Topliss-reactive ketones (excluding diaryl/α,β-unsaturated/α-hetero) is 1. The van der Waals surface area contributed by atoms with Gasteiger partial charge in [-0.25, -0.2) is 0 Å². The Morgan fingerprint density at radius 3 is 3.00 bits per heavy atom. The number of thiophene rings is 1. The third-order valence-corrected chi connectivity index (χ3v) is 5.37. The van der Waals surface area contributed by atoms with Crippen molar-refractivity contribution in [2.75, 3.05) is 13.1 Å². The fourth-order valence-corrected chi connectivity index (χ4v) is 3.97. The summed E-state index contributed by atoms with van der Waals surface area (Å²) >= 11 is 1.50. The predicted octanol–water partition coefficient (Wildman–Crippen LogP) is 2.61. The SMILES string of the molecule is CC(=O)c1cc(CN2CCCC(c3ccn(CC(=O)O)n3)C2)cs1. The van der Waals surface area contributed by atoms with Gasteiger partial charge in [-0.1, -0.05) is 0 Å². The molecule has 7 heteroatoms. The van der Waals surface area contributed by atoms with Crippen LogP contribution in [0, 0.1) is 0 Å². The van der Waals surface area contributed by atoms with Gasteiger partial charge in [-0.15, -0.1) is 11.3 Å². The molecular weight excluding hydrogens is 326 g/mol. The molecule has 0 radical (unpaired) electrons. The van der Waals surface area contributed by atoms with Gasteiger partial charge in [0.05, 0.1) is 10.6 Å². The first-order chi connectivity index (χ1) is 11.5. The van der Waals surface area contributed by atoms with E-state index in [2.05, 4.69) is 15.4 Å². The van der Waals surface area contributed by atoms with E-state index in [0.717, 1.165) is 43.0 Å². The third kappa shape index (κ3) is 4.10. The zero-order chi connectivity index (χ0) is 17.1. The van der Waals surface area contributed by atoms with Crippen LogP contribution in [0.3, 0.4) is 0 Å². The molecule has 1 aliphatic rings. The van der Waals surface area contributed by atoms with Gasteiger partial charge >= 0.3 is 5.97 Å². The van der Waals surface area contributed by atoms with Crippen LogP contribution in [0.2, 0.25) is 0 Å². The molecular formula is C17H21N3O3S. The maximum absolute atomic E-state index is 11.4. The topological polar surface area (TPSA) is 75.4 Å². The summed E-state index contributed by atoms with van der Waals surface area (Å²) in [6.45, 7) is 4.29. The van der Waals surface area contributed by atoms with Crippen LogP contribution in [0.25, 0.3) is 0 Å². The number of aromatic nitrogens is 2. The molecule has 1 saturated heterocycles. The van der Waals surface area contributed by atoms with Crippen LogP contribution in [-0.4, -0.2) is 44.6 Å². The van der Waals surface area contributed by atoms with Crippen LogP contribution < -0.4 is 0 Å². The molecule has 1 fully saturated rings. The molecule has 0 bridgehead atoms. The van der Waals surface area contributed by atoms with Crippen molar-refractivity contribution in [3.63, 3.8) is 0 Å². The molecule has 0 aromatic carbocycles. The van der Waals surface area contributed by atoms with Crippen molar-refractivity contribution in [1.29, 1.82) is 0 Å². The van der Waals surface area contributed by atoms with Gasteiger partial charge in [0.1, 0.15) is 6.54 Å². The molecule has 6 nitrogen and oxygen atoms in total. The van der Waals surface area contributed by atoms with Crippen molar-refractivity contribution in [2.24, 2.45) is 0 Å². The average Bonchev–Trinajstić information content (AvgIpc) is 3.16. The van der Waals surface area contributed by atoms with E-state index in [1.165, 1.54) is 21.6 Å². The van der Waals surface area contributed by atoms with E-state index in [9.17, 15) is 9.59 Å². The van der Waals surface area contributed by atoms with Gasteiger partial charge in [0.25, 0.3) is 0 Å². The first-order valence-electron chi connectivity index (χ1n) is 8.07. The maximum atomic E-state index is 11.4. The summed E-state index contributed by atoms with van der Waals surface area (Å²) in [7, 11) is 0. The molecule has 3 rings (SSSR count). The Bertz CT molecular complexity index is 737. The number of nitrogens with zero attached hydrogens (tertiary/aromatic N) is 3. The van der Waals surface area contributed by atoms with E-state index < -0.39 is 5.97 Å². The highest BCUT2D eigenvalue weighted by atomic mass is 32.1. The monoisotopic (exact) mass is 347 g/mol. The second-order valence-corrected chi connectivity index (χ2v) is 7.19. The second kappa shape index (κ2) is 7.27. The zero-order valence-corrected chi connectivity index (χ0v) is 14.5. The second-order valence-electron chi connectivity index (χ2n) is 6.28. The van der Waals surface area contributed by atoms with Crippen LogP contribution in [-0.2, 0) is 17.9 Å². The molecule has 0 amide bonds. The number of carboxylic acids is 1.